The topological polar surface area (TPSA) is 24.5 Å². The van der Waals surface area contributed by atoms with Gasteiger partial charge in [0.25, 0.3) is 0 Å². The molecule has 0 atom stereocenters. The van der Waals surface area contributed by atoms with Crippen molar-refractivity contribution in [1.82, 2.24) is 10.2 Å². The van der Waals surface area contributed by atoms with E-state index in [0.717, 1.165) is 13.1 Å². The molecule has 0 radical (unpaired) electrons. The maximum absolute atomic E-state index is 5.21. The molecule has 1 aromatic rings. The van der Waals surface area contributed by atoms with Gasteiger partial charge in [-0.3, -0.25) is 0 Å². The van der Waals surface area contributed by atoms with E-state index in [4.69, 9.17) is 4.74 Å². The first kappa shape index (κ1) is 15.2. The zero-order valence-corrected chi connectivity index (χ0v) is 11.9. The minimum Gasteiger partial charge on any atom is -0.380 e. The van der Waals surface area contributed by atoms with Crippen molar-refractivity contribution in [2.75, 3.05) is 34.3 Å². The second-order valence-corrected chi connectivity index (χ2v) is 4.89. The normalized spacial score (nSPS) is 11.1. The molecule has 0 aliphatic heterocycles. The zero-order chi connectivity index (χ0) is 13.2. The maximum Gasteiger partial charge on any atom is 0.0716 e. The third kappa shape index (κ3) is 6.15. The van der Waals surface area contributed by atoms with Crippen molar-refractivity contribution >= 4 is 0 Å². The van der Waals surface area contributed by atoms with E-state index < -0.39 is 0 Å². The Hall–Kier alpha value is -0.900. The molecule has 0 amide bonds. The molecule has 0 aliphatic carbocycles. The van der Waals surface area contributed by atoms with Gasteiger partial charge in [-0.1, -0.05) is 24.3 Å². The van der Waals surface area contributed by atoms with Crippen LogP contribution in [0.3, 0.4) is 0 Å². The Kier molecular flexibility index (Phi) is 7.65. The summed E-state index contributed by atoms with van der Waals surface area (Å²) in [5.41, 5.74) is 2.62. The van der Waals surface area contributed by atoms with Gasteiger partial charge in [0.05, 0.1) is 6.61 Å². The van der Waals surface area contributed by atoms with Crippen LogP contribution in [0.5, 0.6) is 0 Å². The summed E-state index contributed by atoms with van der Waals surface area (Å²) in [5.74, 6) is 0. The number of unbranched alkanes of at least 4 members (excludes halogenated alkanes) is 1. The van der Waals surface area contributed by atoms with Gasteiger partial charge in [0.15, 0.2) is 0 Å². The summed E-state index contributed by atoms with van der Waals surface area (Å²) in [7, 11) is 5.98. The van der Waals surface area contributed by atoms with Crippen LogP contribution in [0.2, 0.25) is 0 Å². The van der Waals surface area contributed by atoms with Crippen LogP contribution in [0.15, 0.2) is 24.3 Å². The lowest BCUT2D eigenvalue weighted by Gasteiger charge is -2.11. The Morgan fingerprint density at radius 1 is 1.11 bits per heavy atom. The first-order valence-electron chi connectivity index (χ1n) is 6.65. The molecule has 3 heteroatoms. The molecule has 1 rings (SSSR count). The van der Waals surface area contributed by atoms with E-state index in [9.17, 15) is 0 Å². The highest BCUT2D eigenvalue weighted by Gasteiger charge is 2.00. The molecule has 1 N–H and O–H groups in total. The average molecular weight is 250 g/mol. The molecule has 18 heavy (non-hydrogen) atoms. The molecule has 0 saturated carbocycles. The number of methoxy groups -OCH3 is 1. The van der Waals surface area contributed by atoms with Crippen LogP contribution < -0.4 is 5.32 Å². The van der Waals surface area contributed by atoms with Gasteiger partial charge in [-0.15, -0.1) is 0 Å². The summed E-state index contributed by atoms with van der Waals surface area (Å²) >= 11 is 0. The minimum absolute atomic E-state index is 0.693. The van der Waals surface area contributed by atoms with Crippen molar-refractivity contribution in [2.45, 2.75) is 26.0 Å². The third-order valence-electron chi connectivity index (χ3n) is 2.94. The van der Waals surface area contributed by atoms with Crippen molar-refractivity contribution in [3.8, 4) is 0 Å². The summed E-state index contributed by atoms with van der Waals surface area (Å²) in [6, 6.07) is 8.45. The van der Waals surface area contributed by atoms with E-state index in [0.29, 0.717) is 6.61 Å². The molecule has 0 heterocycles. The molecule has 3 nitrogen and oxygen atoms in total. The molecule has 102 valence electrons. The summed E-state index contributed by atoms with van der Waals surface area (Å²) in [6.45, 7) is 3.87. The summed E-state index contributed by atoms with van der Waals surface area (Å²) in [6.07, 6.45) is 2.48. The highest BCUT2D eigenvalue weighted by Crippen LogP contribution is 2.09. The van der Waals surface area contributed by atoms with Gasteiger partial charge in [-0.25, -0.2) is 0 Å². The van der Waals surface area contributed by atoms with Gasteiger partial charge in [0, 0.05) is 13.7 Å². The summed E-state index contributed by atoms with van der Waals surface area (Å²) < 4.78 is 5.21. The summed E-state index contributed by atoms with van der Waals surface area (Å²) in [5, 5.41) is 3.50. The largest absolute Gasteiger partial charge is 0.380 e. The summed E-state index contributed by atoms with van der Waals surface area (Å²) in [4.78, 5) is 2.23. The van der Waals surface area contributed by atoms with Crippen LogP contribution in [0.4, 0.5) is 0 Å². The standard InChI is InChI=1S/C15H26N2O/c1-17(2)11-7-6-10-16-12-14-8-4-5-9-15(14)13-18-3/h4-5,8-9,16H,6-7,10-13H2,1-3H3. The molecule has 0 unspecified atom stereocenters. The van der Waals surface area contributed by atoms with Gasteiger partial charge in [-0.05, 0) is 51.2 Å². The van der Waals surface area contributed by atoms with Crippen molar-refractivity contribution in [3.05, 3.63) is 35.4 Å². The molecule has 0 saturated heterocycles. The molecular formula is C15H26N2O. The van der Waals surface area contributed by atoms with Crippen LogP contribution in [0.25, 0.3) is 0 Å². The Morgan fingerprint density at radius 3 is 2.50 bits per heavy atom. The lowest BCUT2D eigenvalue weighted by Crippen LogP contribution is -2.18. The second kappa shape index (κ2) is 9.09. The number of ether oxygens (including phenoxy) is 1. The molecule has 0 aliphatic rings. The molecule has 0 fully saturated rings. The van der Waals surface area contributed by atoms with Crippen LogP contribution in [0, 0.1) is 0 Å². The third-order valence-corrected chi connectivity index (χ3v) is 2.94. The lowest BCUT2D eigenvalue weighted by atomic mass is 10.1. The van der Waals surface area contributed by atoms with Crippen LogP contribution in [-0.4, -0.2) is 39.2 Å². The number of benzene rings is 1. The monoisotopic (exact) mass is 250 g/mol. The Morgan fingerprint density at radius 2 is 1.83 bits per heavy atom. The van der Waals surface area contributed by atoms with Gasteiger partial charge in [-0.2, -0.15) is 0 Å². The fourth-order valence-corrected chi connectivity index (χ4v) is 1.93. The quantitative estimate of drug-likeness (QED) is 0.680. The fraction of sp³-hybridized carbons (Fsp3) is 0.600. The number of nitrogens with zero attached hydrogens (tertiary/aromatic N) is 1. The SMILES string of the molecule is COCc1ccccc1CNCCCCN(C)C. The van der Waals surface area contributed by atoms with Gasteiger partial charge < -0.3 is 15.0 Å². The van der Waals surface area contributed by atoms with Crippen molar-refractivity contribution in [1.29, 1.82) is 0 Å². The van der Waals surface area contributed by atoms with E-state index in [2.05, 4.69) is 48.6 Å². The first-order valence-corrected chi connectivity index (χ1v) is 6.65. The molecule has 0 aromatic heterocycles. The van der Waals surface area contributed by atoms with Gasteiger partial charge >= 0.3 is 0 Å². The first-order chi connectivity index (χ1) is 8.74. The van der Waals surface area contributed by atoms with Crippen molar-refractivity contribution < 1.29 is 4.74 Å². The highest BCUT2D eigenvalue weighted by molar-refractivity contribution is 5.26. The number of hydrogen-bond donors (Lipinski definition) is 1. The van der Waals surface area contributed by atoms with Crippen LogP contribution in [-0.2, 0) is 17.9 Å². The van der Waals surface area contributed by atoms with Gasteiger partial charge in [0.1, 0.15) is 0 Å². The molecule has 0 bridgehead atoms. The van der Waals surface area contributed by atoms with Crippen molar-refractivity contribution in [2.24, 2.45) is 0 Å². The predicted octanol–water partition coefficient (Wildman–Crippen LogP) is 2.26. The maximum atomic E-state index is 5.21. The van der Waals surface area contributed by atoms with Gasteiger partial charge in [0.2, 0.25) is 0 Å². The molecular weight excluding hydrogens is 224 g/mol. The fourth-order valence-electron chi connectivity index (χ4n) is 1.93. The van der Waals surface area contributed by atoms with Crippen LogP contribution >= 0.6 is 0 Å². The lowest BCUT2D eigenvalue weighted by molar-refractivity contribution is 0.184. The zero-order valence-electron chi connectivity index (χ0n) is 11.9. The number of rotatable bonds is 9. The number of hydrogen-bond acceptors (Lipinski definition) is 3. The molecule has 1 aromatic carbocycles. The Bertz CT molecular complexity index is 326. The second-order valence-electron chi connectivity index (χ2n) is 4.89. The minimum atomic E-state index is 0.693. The average Bonchev–Trinajstić information content (AvgIpc) is 2.35. The van der Waals surface area contributed by atoms with E-state index in [1.807, 2.05) is 0 Å². The smallest absolute Gasteiger partial charge is 0.0716 e. The molecule has 0 spiro atoms. The van der Waals surface area contributed by atoms with Crippen molar-refractivity contribution in [3.63, 3.8) is 0 Å². The number of nitrogens with one attached hydrogen (secondary N) is 1. The van der Waals surface area contributed by atoms with E-state index in [1.54, 1.807) is 7.11 Å². The Labute approximate surface area is 111 Å². The van der Waals surface area contributed by atoms with E-state index >= 15 is 0 Å². The Balaban J connectivity index is 2.22. The predicted molar refractivity (Wildman–Crippen MR) is 76.6 cm³/mol. The highest BCUT2D eigenvalue weighted by atomic mass is 16.5. The van der Waals surface area contributed by atoms with E-state index in [1.165, 1.54) is 30.5 Å². The van der Waals surface area contributed by atoms with E-state index in [-0.39, 0.29) is 0 Å². The van der Waals surface area contributed by atoms with Crippen LogP contribution in [0.1, 0.15) is 24.0 Å².